The van der Waals surface area contributed by atoms with Crippen LogP contribution in [0.15, 0.2) is 27.8 Å². The van der Waals surface area contributed by atoms with Crippen LogP contribution < -0.4 is 11.2 Å². The second kappa shape index (κ2) is 7.61. The van der Waals surface area contributed by atoms with Gasteiger partial charge in [0.15, 0.2) is 0 Å². The molecule has 1 aromatic heterocycles. The highest BCUT2D eigenvalue weighted by molar-refractivity contribution is 6.08. The molecule has 0 spiro atoms. The number of rotatable bonds is 6. The van der Waals surface area contributed by atoms with Gasteiger partial charge in [-0.2, -0.15) is 0 Å². The monoisotopic (exact) mass is 344 g/mol. The van der Waals surface area contributed by atoms with Gasteiger partial charge in [-0.25, -0.2) is 9.36 Å². The number of aromatic nitrogens is 2. The molecule has 6 nitrogen and oxygen atoms in total. The summed E-state index contributed by atoms with van der Waals surface area (Å²) in [6, 6.07) is 5.47. The van der Waals surface area contributed by atoms with E-state index in [9.17, 15) is 14.4 Å². The number of aryl methyl sites for hydroxylation is 2. The van der Waals surface area contributed by atoms with Crippen LogP contribution in [0.25, 0.3) is 0 Å². The number of carbonyl (C=O) groups is 1. The smallest absolute Gasteiger partial charge is 0.330 e. The van der Waals surface area contributed by atoms with Gasteiger partial charge < -0.3 is 9.72 Å². The van der Waals surface area contributed by atoms with Crippen LogP contribution in [0, 0.1) is 13.8 Å². The fraction of sp³-hybridized carbons (Fsp3) is 0.421. The molecular weight excluding hydrogens is 320 g/mol. The van der Waals surface area contributed by atoms with E-state index in [-0.39, 0.29) is 24.1 Å². The second-order valence-electron chi connectivity index (χ2n) is 6.43. The molecule has 0 saturated carbocycles. The van der Waals surface area contributed by atoms with Crippen LogP contribution in [0.5, 0.6) is 0 Å². The van der Waals surface area contributed by atoms with Crippen LogP contribution in [0.1, 0.15) is 59.4 Å². The van der Waals surface area contributed by atoms with Gasteiger partial charge >= 0.3 is 5.69 Å². The summed E-state index contributed by atoms with van der Waals surface area (Å²) in [5.74, 6) is -0.574. The van der Waals surface area contributed by atoms with Crippen molar-refractivity contribution in [2.24, 2.45) is 0 Å². The van der Waals surface area contributed by atoms with Gasteiger partial charge in [-0.15, -0.1) is 0 Å². The minimum Gasteiger partial charge on any atom is -0.361 e. The summed E-state index contributed by atoms with van der Waals surface area (Å²) in [6.07, 6.45) is 0. The van der Waals surface area contributed by atoms with Crippen LogP contribution in [-0.4, -0.2) is 21.9 Å². The molecule has 0 unspecified atom stereocenters. The third-order valence-electron chi connectivity index (χ3n) is 3.93. The van der Waals surface area contributed by atoms with Gasteiger partial charge in [0.25, 0.3) is 5.56 Å². The van der Waals surface area contributed by atoms with Crippen LogP contribution in [-0.2, 0) is 11.5 Å². The van der Waals surface area contributed by atoms with E-state index >= 15 is 0 Å². The molecule has 0 radical (unpaired) electrons. The number of carbonyl (C=O) groups excluding carboxylic acids is 1. The predicted octanol–water partition coefficient (Wildman–Crippen LogP) is 2.50. The average molecular weight is 344 g/mol. The van der Waals surface area contributed by atoms with Gasteiger partial charge in [-0.05, 0) is 38.8 Å². The van der Waals surface area contributed by atoms with Crippen molar-refractivity contribution in [1.82, 2.24) is 9.55 Å². The fourth-order valence-corrected chi connectivity index (χ4v) is 2.85. The summed E-state index contributed by atoms with van der Waals surface area (Å²) in [5.41, 5.74) is 1.57. The Hall–Kier alpha value is -2.47. The van der Waals surface area contributed by atoms with Crippen molar-refractivity contribution >= 4 is 5.78 Å². The summed E-state index contributed by atoms with van der Waals surface area (Å²) in [4.78, 5) is 40.6. The fourth-order valence-electron chi connectivity index (χ4n) is 2.85. The van der Waals surface area contributed by atoms with Crippen molar-refractivity contribution in [2.45, 2.75) is 47.3 Å². The largest absolute Gasteiger partial charge is 0.361 e. The molecule has 2 aromatic rings. The molecular formula is C19H24N2O4. The Morgan fingerprint density at radius 3 is 2.28 bits per heavy atom. The molecule has 0 fully saturated rings. The van der Waals surface area contributed by atoms with Gasteiger partial charge in [0.1, 0.15) is 6.73 Å². The molecule has 0 saturated heterocycles. The van der Waals surface area contributed by atoms with Gasteiger partial charge in [-0.3, -0.25) is 9.59 Å². The molecule has 6 heteroatoms. The molecule has 1 N–H and O–H groups in total. The first-order chi connectivity index (χ1) is 11.8. The number of H-pyrrole nitrogens is 1. The third-order valence-corrected chi connectivity index (χ3v) is 3.93. The molecule has 0 aliphatic heterocycles. The van der Waals surface area contributed by atoms with Crippen molar-refractivity contribution < 1.29 is 9.53 Å². The van der Waals surface area contributed by atoms with Crippen LogP contribution in [0.2, 0.25) is 0 Å². The zero-order valence-electron chi connectivity index (χ0n) is 15.3. The number of hydrogen-bond acceptors (Lipinski definition) is 4. The number of hydrogen-bond donors (Lipinski definition) is 1. The van der Waals surface area contributed by atoms with E-state index in [0.29, 0.717) is 17.7 Å². The molecule has 0 aliphatic carbocycles. The zero-order valence-corrected chi connectivity index (χ0v) is 15.3. The van der Waals surface area contributed by atoms with Crippen LogP contribution in [0.4, 0.5) is 0 Å². The molecule has 25 heavy (non-hydrogen) atoms. The lowest BCUT2D eigenvalue weighted by Crippen LogP contribution is -2.40. The summed E-state index contributed by atoms with van der Waals surface area (Å²) in [7, 11) is 0. The van der Waals surface area contributed by atoms with E-state index in [4.69, 9.17) is 4.74 Å². The Bertz CT molecular complexity index is 886. The number of ketones is 1. The molecule has 0 aliphatic rings. The lowest BCUT2D eigenvalue weighted by Gasteiger charge is -2.14. The summed E-state index contributed by atoms with van der Waals surface area (Å²) >= 11 is 0. The van der Waals surface area contributed by atoms with Crippen molar-refractivity contribution in [2.75, 3.05) is 6.61 Å². The summed E-state index contributed by atoms with van der Waals surface area (Å²) in [6.45, 7) is 9.46. The lowest BCUT2D eigenvalue weighted by atomic mass is 9.96. The Balaban J connectivity index is 2.66. The highest BCUT2D eigenvalue weighted by Crippen LogP contribution is 2.18. The summed E-state index contributed by atoms with van der Waals surface area (Å²) < 4.78 is 6.17. The predicted molar refractivity (Wildman–Crippen MR) is 96.4 cm³/mol. The van der Waals surface area contributed by atoms with Crippen molar-refractivity contribution in [3.05, 3.63) is 67.0 Å². The van der Waals surface area contributed by atoms with Crippen molar-refractivity contribution in [3.63, 3.8) is 0 Å². The van der Waals surface area contributed by atoms with Crippen molar-refractivity contribution in [1.29, 1.82) is 0 Å². The minimum absolute atomic E-state index is 0.0581. The van der Waals surface area contributed by atoms with Crippen molar-refractivity contribution in [3.8, 4) is 0 Å². The Morgan fingerprint density at radius 1 is 1.16 bits per heavy atom. The molecule has 2 rings (SSSR count). The molecule has 1 aromatic carbocycles. The number of ether oxygens (including phenoxy) is 1. The van der Waals surface area contributed by atoms with E-state index in [1.807, 2.05) is 33.8 Å². The molecule has 1 heterocycles. The first-order valence-electron chi connectivity index (χ1n) is 8.34. The first-order valence-corrected chi connectivity index (χ1v) is 8.34. The minimum atomic E-state index is -0.643. The van der Waals surface area contributed by atoms with Gasteiger partial charge in [0, 0.05) is 17.7 Å². The molecule has 134 valence electrons. The lowest BCUT2D eigenvalue weighted by molar-refractivity contribution is 0.0814. The maximum atomic E-state index is 13.0. The SMILES string of the molecule is CCOCn1c(=O)[nH]c(C(=O)c2cc(C)cc(C)c2)c(C(C)C)c1=O. The van der Waals surface area contributed by atoms with E-state index in [1.165, 1.54) is 0 Å². The number of nitrogens with zero attached hydrogens (tertiary/aromatic N) is 1. The number of benzene rings is 1. The maximum Gasteiger partial charge on any atom is 0.330 e. The highest BCUT2D eigenvalue weighted by atomic mass is 16.5. The topological polar surface area (TPSA) is 81.2 Å². The normalized spacial score (nSPS) is 11.1. The quantitative estimate of drug-likeness (QED) is 0.817. The van der Waals surface area contributed by atoms with E-state index < -0.39 is 11.2 Å². The molecule has 0 bridgehead atoms. The highest BCUT2D eigenvalue weighted by Gasteiger charge is 2.23. The summed E-state index contributed by atoms with van der Waals surface area (Å²) in [5, 5.41) is 0. The standard InChI is InChI=1S/C19H24N2O4/c1-6-25-10-21-18(23)15(11(2)3)16(20-19(21)24)17(22)14-8-12(4)7-13(5)9-14/h7-9,11H,6,10H2,1-5H3,(H,20,24). The number of nitrogens with one attached hydrogen (secondary N) is 1. The second-order valence-corrected chi connectivity index (χ2v) is 6.43. The zero-order chi connectivity index (χ0) is 18.7. The average Bonchev–Trinajstić information content (AvgIpc) is 2.52. The Morgan fingerprint density at radius 2 is 1.76 bits per heavy atom. The Labute approximate surface area is 146 Å². The van der Waals surface area contributed by atoms with Gasteiger partial charge in [0.2, 0.25) is 5.78 Å². The number of aromatic amines is 1. The third kappa shape index (κ3) is 3.96. The van der Waals surface area contributed by atoms with Crippen LogP contribution >= 0.6 is 0 Å². The van der Waals surface area contributed by atoms with Crippen LogP contribution in [0.3, 0.4) is 0 Å². The first kappa shape index (κ1) is 18.9. The molecule has 0 amide bonds. The Kier molecular flexibility index (Phi) is 5.74. The molecule has 0 atom stereocenters. The van der Waals surface area contributed by atoms with E-state index in [0.717, 1.165) is 15.7 Å². The van der Waals surface area contributed by atoms with Gasteiger partial charge in [-0.1, -0.05) is 31.0 Å². The van der Waals surface area contributed by atoms with Gasteiger partial charge in [0.05, 0.1) is 5.69 Å². The maximum absolute atomic E-state index is 13.0. The van der Waals surface area contributed by atoms with E-state index in [2.05, 4.69) is 4.98 Å². The van der Waals surface area contributed by atoms with E-state index in [1.54, 1.807) is 19.1 Å².